The molecular weight excluding hydrogens is 263 g/mol. The largest absolute Gasteiger partial charge is 0.324 e. The van der Waals surface area contributed by atoms with Gasteiger partial charge in [-0.2, -0.15) is 0 Å². The molecule has 1 atom stereocenters. The van der Waals surface area contributed by atoms with E-state index >= 15 is 0 Å². The molecule has 0 aliphatic rings. The minimum atomic E-state index is -0.207. The predicted octanol–water partition coefficient (Wildman–Crippen LogP) is 3.92. The van der Waals surface area contributed by atoms with Crippen molar-refractivity contribution in [3.05, 3.63) is 77.2 Å². The van der Waals surface area contributed by atoms with E-state index in [1.165, 1.54) is 6.07 Å². The zero-order valence-electron chi connectivity index (χ0n) is 11.9. The molecule has 0 saturated carbocycles. The first-order valence-corrected chi connectivity index (χ1v) is 6.99. The number of pyridine rings is 1. The number of aromatic nitrogens is 1. The normalized spacial score (nSPS) is 12.5. The highest BCUT2D eigenvalue weighted by molar-refractivity contribution is 5.79. The van der Waals surface area contributed by atoms with E-state index in [9.17, 15) is 4.39 Å². The summed E-state index contributed by atoms with van der Waals surface area (Å²) in [6.07, 6.45) is 2.47. The van der Waals surface area contributed by atoms with Crippen molar-refractivity contribution in [2.45, 2.75) is 19.4 Å². The zero-order valence-corrected chi connectivity index (χ0v) is 11.9. The lowest BCUT2D eigenvalue weighted by Crippen LogP contribution is -2.14. The van der Waals surface area contributed by atoms with Gasteiger partial charge in [-0.15, -0.1) is 0 Å². The van der Waals surface area contributed by atoms with Crippen LogP contribution >= 0.6 is 0 Å². The summed E-state index contributed by atoms with van der Waals surface area (Å²) in [6, 6.07) is 14.8. The van der Waals surface area contributed by atoms with Crippen LogP contribution in [0.4, 0.5) is 4.39 Å². The Balaban J connectivity index is 1.87. The highest BCUT2D eigenvalue weighted by Gasteiger charge is 2.10. The number of hydrogen-bond acceptors (Lipinski definition) is 2. The second kappa shape index (κ2) is 5.62. The maximum absolute atomic E-state index is 13.1. The van der Waals surface area contributed by atoms with E-state index in [0.717, 1.165) is 27.6 Å². The quantitative estimate of drug-likeness (QED) is 0.789. The molecule has 0 saturated heterocycles. The number of halogens is 1. The third-order valence-electron chi connectivity index (χ3n) is 3.80. The molecule has 0 aliphatic heterocycles. The lowest BCUT2D eigenvalue weighted by Gasteiger charge is -2.14. The third-order valence-corrected chi connectivity index (χ3v) is 3.80. The Kier molecular flexibility index (Phi) is 3.67. The number of hydrogen-bond donors (Lipinski definition) is 1. The lowest BCUT2D eigenvalue weighted by atomic mass is 9.96. The van der Waals surface area contributed by atoms with Gasteiger partial charge in [0.05, 0.1) is 5.52 Å². The molecule has 0 bridgehead atoms. The molecule has 2 aromatic carbocycles. The van der Waals surface area contributed by atoms with Crippen LogP contribution < -0.4 is 5.73 Å². The Morgan fingerprint density at radius 2 is 2.00 bits per heavy atom. The molecule has 2 nitrogen and oxygen atoms in total. The van der Waals surface area contributed by atoms with Crippen LogP contribution in [0.5, 0.6) is 0 Å². The van der Waals surface area contributed by atoms with Crippen LogP contribution in [-0.4, -0.2) is 4.98 Å². The summed E-state index contributed by atoms with van der Waals surface area (Å²) in [4.78, 5) is 4.31. The predicted molar refractivity (Wildman–Crippen MR) is 83.5 cm³/mol. The second-order valence-corrected chi connectivity index (χ2v) is 5.34. The van der Waals surface area contributed by atoms with Crippen LogP contribution in [0.3, 0.4) is 0 Å². The van der Waals surface area contributed by atoms with E-state index in [4.69, 9.17) is 5.73 Å². The van der Waals surface area contributed by atoms with Gasteiger partial charge in [-0.1, -0.05) is 18.2 Å². The lowest BCUT2D eigenvalue weighted by molar-refractivity contribution is 0.624. The van der Waals surface area contributed by atoms with E-state index in [1.54, 1.807) is 12.3 Å². The van der Waals surface area contributed by atoms with Crippen LogP contribution in [0.1, 0.15) is 22.7 Å². The van der Waals surface area contributed by atoms with Crippen LogP contribution in [0, 0.1) is 12.7 Å². The summed E-state index contributed by atoms with van der Waals surface area (Å²) in [6.45, 7) is 1.91. The molecule has 3 aromatic rings. The standard InChI is InChI=1S/C18H17FN2/c1-12-9-16(19)6-4-13(12)11-17(20)14-5-7-18-15(10-14)3-2-8-21-18/h2-10,17H,11,20H2,1H3. The van der Waals surface area contributed by atoms with Gasteiger partial charge in [0, 0.05) is 17.6 Å². The van der Waals surface area contributed by atoms with Gasteiger partial charge in [-0.05, 0) is 60.4 Å². The van der Waals surface area contributed by atoms with Gasteiger partial charge in [-0.3, -0.25) is 4.98 Å². The molecule has 3 heteroatoms. The van der Waals surface area contributed by atoms with Gasteiger partial charge in [0.25, 0.3) is 0 Å². The van der Waals surface area contributed by atoms with E-state index in [1.807, 2.05) is 37.3 Å². The number of rotatable bonds is 3. The van der Waals surface area contributed by atoms with Gasteiger partial charge in [0.1, 0.15) is 5.82 Å². The summed E-state index contributed by atoms with van der Waals surface area (Å²) in [5.74, 6) is -0.207. The van der Waals surface area contributed by atoms with E-state index in [2.05, 4.69) is 11.1 Å². The van der Waals surface area contributed by atoms with Gasteiger partial charge in [0.2, 0.25) is 0 Å². The summed E-state index contributed by atoms with van der Waals surface area (Å²) in [5.41, 5.74) is 10.4. The molecule has 1 heterocycles. The molecule has 1 unspecified atom stereocenters. The highest BCUT2D eigenvalue weighted by Crippen LogP contribution is 2.22. The van der Waals surface area contributed by atoms with Crippen molar-refractivity contribution >= 4 is 10.9 Å². The fraction of sp³-hybridized carbons (Fsp3) is 0.167. The summed E-state index contributed by atoms with van der Waals surface area (Å²) in [7, 11) is 0. The Bertz CT molecular complexity index is 783. The molecular formula is C18H17FN2. The second-order valence-electron chi connectivity index (χ2n) is 5.34. The molecule has 0 radical (unpaired) electrons. The molecule has 21 heavy (non-hydrogen) atoms. The molecule has 3 rings (SSSR count). The van der Waals surface area contributed by atoms with Crippen molar-refractivity contribution < 1.29 is 4.39 Å². The van der Waals surface area contributed by atoms with Gasteiger partial charge in [0.15, 0.2) is 0 Å². The molecule has 0 fully saturated rings. The third kappa shape index (κ3) is 2.93. The zero-order chi connectivity index (χ0) is 14.8. The van der Waals surface area contributed by atoms with Gasteiger partial charge < -0.3 is 5.73 Å². The average molecular weight is 280 g/mol. The van der Waals surface area contributed by atoms with Gasteiger partial charge >= 0.3 is 0 Å². The molecule has 0 aliphatic carbocycles. The van der Waals surface area contributed by atoms with Crippen LogP contribution in [0.15, 0.2) is 54.7 Å². The Hall–Kier alpha value is -2.26. The Labute approximate surface area is 123 Å². The fourth-order valence-corrected chi connectivity index (χ4v) is 2.57. The minimum Gasteiger partial charge on any atom is -0.324 e. The topological polar surface area (TPSA) is 38.9 Å². The maximum Gasteiger partial charge on any atom is 0.123 e. The van der Waals surface area contributed by atoms with Crippen molar-refractivity contribution in [3.63, 3.8) is 0 Å². The SMILES string of the molecule is Cc1cc(F)ccc1CC(N)c1ccc2ncccc2c1. The molecule has 0 spiro atoms. The smallest absolute Gasteiger partial charge is 0.123 e. The summed E-state index contributed by atoms with van der Waals surface area (Å²) < 4.78 is 13.1. The number of nitrogens with zero attached hydrogens (tertiary/aromatic N) is 1. The summed E-state index contributed by atoms with van der Waals surface area (Å²) >= 11 is 0. The number of fused-ring (bicyclic) bond motifs is 1. The number of aryl methyl sites for hydroxylation is 1. The first-order valence-electron chi connectivity index (χ1n) is 6.99. The van der Waals surface area contributed by atoms with Crippen LogP contribution in [0.25, 0.3) is 10.9 Å². The van der Waals surface area contributed by atoms with E-state index < -0.39 is 0 Å². The molecule has 2 N–H and O–H groups in total. The first-order chi connectivity index (χ1) is 10.1. The highest BCUT2D eigenvalue weighted by atomic mass is 19.1. The van der Waals surface area contributed by atoms with E-state index in [-0.39, 0.29) is 11.9 Å². The molecule has 0 amide bonds. The van der Waals surface area contributed by atoms with Crippen LogP contribution in [0.2, 0.25) is 0 Å². The van der Waals surface area contributed by atoms with Crippen LogP contribution in [-0.2, 0) is 6.42 Å². The maximum atomic E-state index is 13.1. The van der Waals surface area contributed by atoms with Crippen molar-refractivity contribution in [2.24, 2.45) is 5.73 Å². The summed E-state index contributed by atoms with van der Waals surface area (Å²) in [5, 5.41) is 1.08. The van der Waals surface area contributed by atoms with Crippen molar-refractivity contribution in [3.8, 4) is 0 Å². The van der Waals surface area contributed by atoms with Crippen molar-refractivity contribution in [1.82, 2.24) is 4.98 Å². The molecule has 106 valence electrons. The Morgan fingerprint density at radius 3 is 2.81 bits per heavy atom. The number of benzene rings is 2. The minimum absolute atomic E-state index is 0.112. The molecule has 1 aromatic heterocycles. The van der Waals surface area contributed by atoms with Crippen molar-refractivity contribution in [2.75, 3.05) is 0 Å². The van der Waals surface area contributed by atoms with Crippen molar-refractivity contribution in [1.29, 1.82) is 0 Å². The monoisotopic (exact) mass is 280 g/mol. The Morgan fingerprint density at radius 1 is 1.14 bits per heavy atom. The fourth-order valence-electron chi connectivity index (χ4n) is 2.57. The number of nitrogens with two attached hydrogens (primary N) is 1. The van der Waals surface area contributed by atoms with Gasteiger partial charge in [-0.25, -0.2) is 4.39 Å². The average Bonchev–Trinajstić information content (AvgIpc) is 2.49. The van der Waals surface area contributed by atoms with E-state index in [0.29, 0.717) is 6.42 Å². The first kappa shape index (κ1) is 13.7.